The van der Waals surface area contributed by atoms with Crippen LogP contribution >= 0.6 is 0 Å². The van der Waals surface area contributed by atoms with Gasteiger partial charge >= 0.3 is 0 Å². The summed E-state index contributed by atoms with van der Waals surface area (Å²) < 4.78 is 0. The summed E-state index contributed by atoms with van der Waals surface area (Å²) in [6.45, 7) is 5.55. The standard InChI is InChI=1S/C13H16N4/c1-11(2)17(8-4-6-14)10-12-5-3-7-16-13(12)9-15/h3,5,7,11H,4,8,10H2,1-2H3. The van der Waals surface area contributed by atoms with E-state index in [-0.39, 0.29) is 0 Å². The van der Waals surface area contributed by atoms with Gasteiger partial charge in [-0.25, -0.2) is 4.98 Å². The first-order valence-corrected chi connectivity index (χ1v) is 5.64. The Kier molecular flexibility index (Phi) is 5.13. The second-order valence-electron chi connectivity index (χ2n) is 4.10. The summed E-state index contributed by atoms with van der Waals surface area (Å²) in [5, 5.41) is 17.6. The number of pyridine rings is 1. The van der Waals surface area contributed by atoms with E-state index in [0.717, 1.165) is 5.56 Å². The predicted octanol–water partition coefficient (Wildman–Crippen LogP) is 2.08. The van der Waals surface area contributed by atoms with Gasteiger partial charge in [0.05, 0.1) is 6.07 Å². The molecule has 4 nitrogen and oxygen atoms in total. The first kappa shape index (κ1) is 13.2. The van der Waals surface area contributed by atoms with Gasteiger partial charge in [-0.3, -0.25) is 4.90 Å². The summed E-state index contributed by atoms with van der Waals surface area (Å²) in [6, 6.07) is 8.32. The Morgan fingerprint density at radius 1 is 1.41 bits per heavy atom. The van der Waals surface area contributed by atoms with Crippen molar-refractivity contribution < 1.29 is 0 Å². The molecule has 0 saturated carbocycles. The molecule has 0 aromatic carbocycles. The molecule has 0 saturated heterocycles. The van der Waals surface area contributed by atoms with Crippen LogP contribution in [0.2, 0.25) is 0 Å². The number of rotatable bonds is 5. The van der Waals surface area contributed by atoms with Crippen LogP contribution in [0.5, 0.6) is 0 Å². The first-order chi connectivity index (χ1) is 8.19. The normalized spacial score (nSPS) is 10.2. The monoisotopic (exact) mass is 228 g/mol. The maximum atomic E-state index is 8.96. The molecule has 1 aromatic heterocycles. The molecular formula is C13H16N4. The summed E-state index contributed by atoms with van der Waals surface area (Å²) in [6.07, 6.45) is 2.12. The lowest BCUT2D eigenvalue weighted by Crippen LogP contribution is -2.31. The van der Waals surface area contributed by atoms with Crippen molar-refractivity contribution in [2.75, 3.05) is 6.54 Å². The van der Waals surface area contributed by atoms with Crippen LogP contribution in [-0.2, 0) is 6.54 Å². The summed E-state index contributed by atoms with van der Waals surface area (Å²) >= 11 is 0. The Morgan fingerprint density at radius 2 is 2.18 bits per heavy atom. The van der Waals surface area contributed by atoms with Crippen LogP contribution in [0.4, 0.5) is 0 Å². The van der Waals surface area contributed by atoms with Gasteiger partial charge in [0.25, 0.3) is 0 Å². The Balaban J connectivity index is 2.80. The molecule has 1 aromatic rings. The molecule has 1 heterocycles. The quantitative estimate of drug-likeness (QED) is 0.774. The van der Waals surface area contributed by atoms with Crippen LogP contribution in [0, 0.1) is 22.7 Å². The summed E-state index contributed by atoms with van der Waals surface area (Å²) in [5.41, 5.74) is 1.39. The van der Waals surface area contributed by atoms with E-state index in [9.17, 15) is 0 Å². The maximum absolute atomic E-state index is 8.96. The van der Waals surface area contributed by atoms with Gasteiger partial charge < -0.3 is 0 Å². The number of nitrogens with zero attached hydrogens (tertiary/aromatic N) is 4. The zero-order valence-corrected chi connectivity index (χ0v) is 10.2. The van der Waals surface area contributed by atoms with Crippen molar-refractivity contribution in [3.8, 4) is 12.1 Å². The van der Waals surface area contributed by atoms with E-state index in [0.29, 0.717) is 31.2 Å². The molecule has 0 aliphatic heterocycles. The lowest BCUT2D eigenvalue weighted by atomic mass is 10.1. The van der Waals surface area contributed by atoms with Crippen molar-refractivity contribution in [1.29, 1.82) is 10.5 Å². The fourth-order valence-corrected chi connectivity index (χ4v) is 1.60. The molecule has 0 radical (unpaired) electrons. The molecular weight excluding hydrogens is 212 g/mol. The molecule has 0 bridgehead atoms. The topological polar surface area (TPSA) is 63.7 Å². The lowest BCUT2D eigenvalue weighted by molar-refractivity contribution is 0.217. The van der Waals surface area contributed by atoms with E-state index in [1.807, 2.05) is 12.1 Å². The van der Waals surface area contributed by atoms with Gasteiger partial charge in [0.2, 0.25) is 0 Å². The summed E-state index contributed by atoms with van der Waals surface area (Å²) in [4.78, 5) is 6.20. The highest BCUT2D eigenvalue weighted by Crippen LogP contribution is 2.11. The minimum Gasteiger partial charge on any atom is -0.296 e. The van der Waals surface area contributed by atoms with Gasteiger partial charge in [0.1, 0.15) is 11.8 Å². The molecule has 0 unspecified atom stereocenters. The number of hydrogen-bond acceptors (Lipinski definition) is 4. The average molecular weight is 228 g/mol. The number of aromatic nitrogens is 1. The third kappa shape index (κ3) is 3.86. The number of nitriles is 2. The molecule has 0 N–H and O–H groups in total. The van der Waals surface area contributed by atoms with Crippen LogP contribution < -0.4 is 0 Å². The first-order valence-electron chi connectivity index (χ1n) is 5.64. The Morgan fingerprint density at radius 3 is 2.76 bits per heavy atom. The molecule has 0 aliphatic rings. The van der Waals surface area contributed by atoms with Gasteiger partial charge in [-0.15, -0.1) is 0 Å². The third-order valence-electron chi connectivity index (χ3n) is 2.61. The molecule has 17 heavy (non-hydrogen) atoms. The Labute approximate surface area is 102 Å². The van der Waals surface area contributed by atoms with Crippen molar-refractivity contribution in [1.82, 2.24) is 9.88 Å². The van der Waals surface area contributed by atoms with E-state index in [4.69, 9.17) is 10.5 Å². The molecule has 0 atom stereocenters. The van der Waals surface area contributed by atoms with Gasteiger partial charge in [-0.2, -0.15) is 10.5 Å². The molecule has 1 rings (SSSR count). The SMILES string of the molecule is CC(C)N(CCC#N)Cc1cccnc1C#N. The van der Waals surface area contributed by atoms with Crippen molar-refractivity contribution >= 4 is 0 Å². The molecule has 88 valence electrons. The van der Waals surface area contributed by atoms with E-state index in [1.54, 1.807) is 6.20 Å². The largest absolute Gasteiger partial charge is 0.296 e. The Bertz CT molecular complexity index is 439. The van der Waals surface area contributed by atoms with Gasteiger partial charge in [0.15, 0.2) is 0 Å². The van der Waals surface area contributed by atoms with Crippen molar-refractivity contribution in [2.45, 2.75) is 32.9 Å². The van der Waals surface area contributed by atoms with Gasteiger partial charge in [-0.05, 0) is 19.9 Å². The van der Waals surface area contributed by atoms with Crippen molar-refractivity contribution in [3.63, 3.8) is 0 Å². The second-order valence-corrected chi connectivity index (χ2v) is 4.10. The molecule has 0 fully saturated rings. The van der Waals surface area contributed by atoms with E-state index < -0.39 is 0 Å². The van der Waals surface area contributed by atoms with E-state index in [2.05, 4.69) is 35.9 Å². The lowest BCUT2D eigenvalue weighted by Gasteiger charge is -2.25. The minimum absolute atomic E-state index is 0.343. The Hall–Kier alpha value is -1.91. The predicted molar refractivity (Wildman–Crippen MR) is 64.7 cm³/mol. The smallest absolute Gasteiger partial charge is 0.144 e. The molecule has 0 amide bonds. The zero-order valence-electron chi connectivity index (χ0n) is 10.2. The fraction of sp³-hybridized carbons (Fsp3) is 0.462. The van der Waals surface area contributed by atoms with Crippen LogP contribution in [-0.4, -0.2) is 22.5 Å². The van der Waals surface area contributed by atoms with Crippen molar-refractivity contribution in [3.05, 3.63) is 29.6 Å². The fourth-order valence-electron chi connectivity index (χ4n) is 1.60. The third-order valence-corrected chi connectivity index (χ3v) is 2.61. The van der Waals surface area contributed by atoms with Crippen LogP contribution in [0.15, 0.2) is 18.3 Å². The van der Waals surface area contributed by atoms with Crippen LogP contribution in [0.3, 0.4) is 0 Å². The summed E-state index contributed by atoms with van der Waals surface area (Å²) in [7, 11) is 0. The molecule has 4 heteroatoms. The second kappa shape index (κ2) is 6.62. The zero-order chi connectivity index (χ0) is 12.7. The van der Waals surface area contributed by atoms with Crippen LogP contribution in [0.25, 0.3) is 0 Å². The highest BCUT2D eigenvalue weighted by atomic mass is 15.1. The average Bonchev–Trinajstić information content (AvgIpc) is 2.34. The van der Waals surface area contributed by atoms with E-state index in [1.165, 1.54) is 0 Å². The maximum Gasteiger partial charge on any atom is 0.144 e. The highest BCUT2D eigenvalue weighted by Gasteiger charge is 2.12. The molecule has 0 spiro atoms. The minimum atomic E-state index is 0.343. The number of hydrogen-bond donors (Lipinski definition) is 0. The van der Waals surface area contributed by atoms with Gasteiger partial charge in [0, 0.05) is 37.3 Å². The highest BCUT2D eigenvalue weighted by molar-refractivity contribution is 5.30. The van der Waals surface area contributed by atoms with Gasteiger partial charge in [-0.1, -0.05) is 6.07 Å². The van der Waals surface area contributed by atoms with Crippen molar-refractivity contribution in [2.24, 2.45) is 0 Å². The summed E-state index contributed by atoms with van der Waals surface area (Å²) in [5.74, 6) is 0. The van der Waals surface area contributed by atoms with E-state index >= 15 is 0 Å². The van der Waals surface area contributed by atoms with Crippen LogP contribution in [0.1, 0.15) is 31.5 Å². The molecule has 0 aliphatic carbocycles.